The van der Waals surface area contributed by atoms with E-state index in [1.54, 1.807) is 0 Å². The van der Waals surface area contributed by atoms with E-state index in [4.69, 9.17) is 4.74 Å². The number of amides is 1. The van der Waals surface area contributed by atoms with Gasteiger partial charge in [-0.2, -0.15) is 0 Å². The number of halogens is 1. The van der Waals surface area contributed by atoms with Crippen molar-refractivity contribution in [2.75, 3.05) is 4.90 Å². The maximum absolute atomic E-state index is 12.8. The Bertz CT molecular complexity index is 575. The number of hydrogen-bond acceptors (Lipinski definition) is 2. The lowest BCUT2D eigenvalue weighted by molar-refractivity contribution is 0.0550. The molecule has 1 unspecified atom stereocenters. The molecular weight excluding hydrogens is 342 g/mol. The van der Waals surface area contributed by atoms with Crippen LogP contribution in [0.25, 0.3) is 0 Å². The van der Waals surface area contributed by atoms with Gasteiger partial charge in [0.2, 0.25) is 0 Å². The largest absolute Gasteiger partial charge is 0.443 e. The number of nitrogens with zero attached hydrogens (tertiary/aromatic N) is 1. The van der Waals surface area contributed by atoms with Crippen LogP contribution in [-0.4, -0.2) is 17.7 Å². The smallest absolute Gasteiger partial charge is 0.415 e. The number of fused-ring (bicyclic) bond motifs is 1. The van der Waals surface area contributed by atoms with Crippen molar-refractivity contribution >= 4 is 27.7 Å². The van der Waals surface area contributed by atoms with Gasteiger partial charge >= 0.3 is 6.09 Å². The van der Waals surface area contributed by atoms with Crippen molar-refractivity contribution < 1.29 is 9.53 Å². The van der Waals surface area contributed by atoms with E-state index in [9.17, 15) is 4.79 Å². The third kappa shape index (κ3) is 3.65. The van der Waals surface area contributed by atoms with Gasteiger partial charge in [0.15, 0.2) is 0 Å². The van der Waals surface area contributed by atoms with Crippen molar-refractivity contribution in [1.82, 2.24) is 0 Å². The molecule has 1 aromatic carbocycles. The van der Waals surface area contributed by atoms with Crippen LogP contribution in [0.2, 0.25) is 0 Å². The fraction of sp³-hybridized carbons (Fsp3) is 0.611. The average Bonchev–Trinajstić information content (AvgIpc) is 2.34. The van der Waals surface area contributed by atoms with E-state index in [0.717, 1.165) is 23.0 Å². The molecule has 0 aliphatic carbocycles. The number of hydrogen-bond donors (Lipinski definition) is 0. The molecule has 122 valence electrons. The fourth-order valence-electron chi connectivity index (χ4n) is 3.03. The predicted molar refractivity (Wildman–Crippen MR) is 94.5 cm³/mol. The van der Waals surface area contributed by atoms with Gasteiger partial charge in [0, 0.05) is 10.5 Å². The highest BCUT2D eigenvalue weighted by molar-refractivity contribution is 9.10. The van der Waals surface area contributed by atoms with E-state index >= 15 is 0 Å². The molecule has 1 aromatic rings. The summed E-state index contributed by atoms with van der Waals surface area (Å²) in [6.45, 7) is 12.1. The van der Waals surface area contributed by atoms with E-state index in [1.165, 1.54) is 11.1 Å². The number of aryl methyl sites for hydroxylation is 2. The van der Waals surface area contributed by atoms with Crippen molar-refractivity contribution in [2.24, 2.45) is 5.92 Å². The molecule has 0 spiro atoms. The Morgan fingerprint density at radius 1 is 1.36 bits per heavy atom. The second-order valence-electron chi connectivity index (χ2n) is 7.45. The third-order valence-corrected chi connectivity index (χ3v) is 4.53. The van der Waals surface area contributed by atoms with E-state index < -0.39 is 5.60 Å². The number of carbonyl (C=O) groups is 1. The monoisotopic (exact) mass is 367 g/mol. The molecule has 0 bridgehead atoms. The van der Waals surface area contributed by atoms with Crippen LogP contribution in [-0.2, 0) is 11.2 Å². The van der Waals surface area contributed by atoms with Crippen LogP contribution in [0, 0.1) is 12.8 Å². The Hall–Kier alpha value is -1.03. The summed E-state index contributed by atoms with van der Waals surface area (Å²) < 4.78 is 6.64. The molecular formula is C18H26BrNO2. The third-order valence-electron chi connectivity index (χ3n) is 3.93. The first-order valence-electron chi connectivity index (χ1n) is 7.91. The van der Waals surface area contributed by atoms with Gasteiger partial charge in [0.1, 0.15) is 5.60 Å². The number of ether oxygens (including phenoxy) is 1. The summed E-state index contributed by atoms with van der Waals surface area (Å²) in [5, 5.41) is 0. The fourth-order valence-corrected chi connectivity index (χ4v) is 3.84. The van der Waals surface area contributed by atoms with Gasteiger partial charge in [0.05, 0.1) is 5.69 Å². The van der Waals surface area contributed by atoms with E-state index in [0.29, 0.717) is 5.92 Å². The molecule has 0 aromatic heterocycles. The summed E-state index contributed by atoms with van der Waals surface area (Å²) >= 11 is 3.65. The first-order valence-corrected chi connectivity index (χ1v) is 8.70. The molecule has 0 radical (unpaired) electrons. The van der Waals surface area contributed by atoms with Crippen LogP contribution in [0.5, 0.6) is 0 Å². The van der Waals surface area contributed by atoms with Crippen molar-refractivity contribution in [3.63, 3.8) is 0 Å². The zero-order valence-corrected chi connectivity index (χ0v) is 16.0. The number of anilines is 1. The molecule has 0 fully saturated rings. The van der Waals surface area contributed by atoms with Gasteiger partial charge in [0.25, 0.3) is 0 Å². The predicted octanol–water partition coefficient (Wildman–Crippen LogP) is 5.47. The quantitative estimate of drug-likeness (QED) is 0.658. The average molecular weight is 368 g/mol. The van der Waals surface area contributed by atoms with Crippen LogP contribution in [0.15, 0.2) is 16.6 Å². The molecule has 1 aliphatic heterocycles. The molecule has 0 saturated carbocycles. The number of carbonyl (C=O) groups excluding carboxylic acids is 1. The van der Waals surface area contributed by atoms with Crippen molar-refractivity contribution in [3.8, 4) is 0 Å². The molecule has 3 nitrogen and oxygen atoms in total. The minimum Gasteiger partial charge on any atom is -0.443 e. The topological polar surface area (TPSA) is 29.5 Å². The van der Waals surface area contributed by atoms with Crippen LogP contribution in [0.1, 0.15) is 52.2 Å². The zero-order valence-electron chi connectivity index (χ0n) is 14.4. The summed E-state index contributed by atoms with van der Waals surface area (Å²) in [5.41, 5.74) is 2.91. The molecule has 22 heavy (non-hydrogen) atoms. The lowest BCUT2D eigenvalue weighted by Crippen LogP contribution is -2.48. The van der Waals surface area contributed by atoms with E-state index in [2.05, 4.69) is 48.8 Å². The Balaban J connectivity index is 2.49. The van der Waals surface area contributed by atoms with Gasteiger partial charge in [-0.3, -0.25) is 4.90 Å². The summed E-state index contributed by atoms with van der Waals surface area (Å²) in [5.74, 6) is 0.383. The highest BCUT2D eigenvalue weighted by atomic mass is 79.9. The molecule has 1 amide bonds. The minimum atomic E-state index is -0.493. The maximum atomic E-state index is 12.8. The van der Waals surface area contributed by atoms with Crippen molar-refractivity contribution in [3.05, 3.63) is 27.7 Å². The normalized spacial score (nSPS) is 18.4. The van der Waals surface area contributed by atoms with E-state index in [-0.39, 0.29) is 12.1 Å². The van der Waals surface area contributed by atoms with Gasteiger partial charge < -0.3 is 4.74 Å². The Morgan fingerprint density at radius 3 is 2.55 bits per heavy atom. The van der Waals surface area contributed by atoms with Crippen LogP contribution < -0.4 is 4.90 Å². The molecule has 0 N–H and O–H groups in total. The lowest BCUT2D eigenvalue weighted by Gasteiger charge is -2.40. The van der Waals surface area contributed by atoms with E-state index in [1.807, 2.05) is 25.7 Å². The summed E-state index contributed by atoms with van der Waals surface area (Å²) in [7, 11) is 0. The Labute approximate surface area is 142 Å². The number of rotatable bonds is 1. The lowest BCUT2D eigenvalue weighted by atomic mass is 9.89. The molecule has 0 saturated heterocycles. The summed E-state index contributed by atoms with van der Waals surface area (Å²) in [4.78, 5) is 14.7. The van der Waals surface area contributed by atoms with Gasteiger partial charge in [-0.05, 0) is 79.6 Å². The maximum Gasteiger partial charge on any atom is 0.415 e. The van der Waals surface area contributed by atoms with Crippen LogP contribution in [0.4, 0.5) is 10.5 Å². The van der Waals surface area contributed by atoms with Gasteiger partial charge in [-0.15, -0.1) is 0 Å². The Kier molecular flexibility index (Phi) is 4.90. The highest BCUT2D eigenvalue weighted by Gasteiger charge is 2.36. The minimum absolute atomic E-state index is 0.168. The standard InChI is InChI=1S/C18H26BrNO2/c1-11(2)15-8-7-13-9-12(3)10-14(19)16(13)20(15)17(21)22-18(4,5)6/h9-11,15H,7-8H2,1-6H3. The first kappa shape index (κ1) is 17.3. The highest BCUT2D eigenvalue weighted by Crippen LogP contribution is 2.40. The van der Waals surface area contributed by atoms with Crippen LogP contribution >= 0.6 is 15.9 Å². The molecule has 4 heteroatoms. The molecule has 1 heterocycles. The van der Waals surface area contributed by atoms with Crippen LogP contribution in [0.3, 0.4) is 0 Å². The molecule has 2 rings (SSSR count). The van der Waals surface area contributed by atoms with Gasteiger partial charge in [-0.25, -0.2) is 4.79 Å². The second-order valence-corrected chi connectivity index (χ2v) is 8.31. The molecule has 1 aliphatic rings. The number of benzene rings is 1. The van der Waals surface area contributed by atoms with Crippen molar-refractivity contribution in [2.45, 2.75) is 66.0 Å². The SMILES string of the molecule is Cc1cc(Br)c2c(c1)CCC(C(C)C)N2C(=O)OC(C)(C)C. The Morgan fingerprint density at radius 2 is 2.00 bits per heavy atom. The summed E-state index contributed by atoms with van der Waals surface area (Å²) in [6, 6.07) is 4.41. The van der Waals surface area contributed by atoms with Gasteiger partial charge in [-0.1, -0.05) is 19.9 Å². The van der Waals surface area contributed by atoms with Crippen molar-refractivity contribution in [1.29, 1.82) is 0 Å². The summed E-state index contributed by atoms with van der Waals surface area (Å²) in [6.07, 6.45) is 1.72. The zero-order chi connectivity index (χ0) is 16.7. The first-order chi connectivity index (χ1) is 10.1. The second kappa shape index (κ2) is 6.23. The molecule has 1 atom stereocenters.